The van der Waals surface area contributed by atoms with Crippen molar-refractivity contribution in [3.63, 3.8) is 0 Å². The quantitative estimate of drug-likeness (QED) is 0.329. The van der Waals surface area contributed by atoms with E-state index in [1.165, 1.54) is 7.05 Å². The molecule has 0 aliphatic carbocycles. The lowest BCUT2D eigenvalue weighted by molar-refractivity contribution is -0.143. The molecule has 6 nitrogen and oxygen atoms in total. The SMILES string of the molecule is CN(C(=O)c1cc(C(F)(F)F)cc(C(F)(F)F)c1)[C@@H]1CCN(C(=O)CNC2CCNCC2)C[C@H]1c1ccc(Cl)c(Cl)c1.Cl.Cl. The van der Waals surface area contributed by atoms with Crippen LogP contribution >= 0.6 is 48.0 Å². The van der Waals surface area contributed by atoms with Crippen molar-refractivity contribution >= 4 is 59.8 Å². The van der Waals surface area contributed by atoms with Crippen molar-refractivity contribution in [1.82, 2.24) is 20.4 Å². The van der Waals surface area contributed by atoms with Crippen LogP contribution in [0.3, 0.4) is 0 Å². The Morgan fingerprint density at radius 3 is 2.07 bits per heavy atom. The minimum Gasteiger partial charge on any atom is -0.341 e. The van der Waals surface area contributed by atoms with E-state index in [4.69, 9.17) is 23.2 Å². The van der Waals surface area contributed by atoms with E-state index in [1.54, 1.807) is 23.1 Å². The molecule has 0 spiro atoms. The molecule has 44 heavy (non-hydrogen) atoms. The van der Waals surface area contributed by atoms with E-state index in [0.717, 1.165) is 30.8 Å². The number of hydrogen-bond acceptors (Lipinski definition) is 4. The monoisotopic (exact) mass is 710 g/mol. The van der Waals surface area contributed by atoms with Gasteiger partial charge in [0.05, 0.1) is 27.7 Å². The Balaban J connectivity index is 0.00000337. The van der Waals surface area contributed by atoms with Crippen molar-refractivity contribution in [2.24, 2.45) is 0 Å². The molecule has 2 N–H and O–H groups in total. The third-order valence-corrected chi connectivity index (χ3v) is 8.57. The minimum atomic E-state index is -5.09. The van der Waals surface area contributed by atoms with E-state index in [1.807, 2.05) is 0 Å². The number of rotatable bonds is 6. The van der Waals surface area contributed by atoms with Gasteiger partial charge < -0.3 is 20.4 Å². The molecule has 2 atom stereocenters. The van der Waals surface area contributed by atoms with E-state index < -0.39 is 46.9 Å². The van der Waals surface area contributed by atoms with Gasteiger partial charge in [-0.25, -0.2) is 0 Å². The molecule has 2 heterocycles. The van der Waals surface area contributed by atoms with Crippen molar-refractivity contribution in [3.8, 4) is 0 Å². The van der Waals surface area contributed by atoms with Crippen molar-refractivity contribution < 1.29 is 35.9 Å². The fourth-order valence-corrected chi connectivity index (χ4v) is 5.81. The summed E-state index contributed by atoms with van der Waals surface area (Å²) in [5, 5.41) is 7.04. The lowest BCUT2D eigenvalue weighted by Gasteiger charge is -2.43. The molecule has 2 saturated heterocycles. The summed E-state index contributed by atoms with van der Waals surface area (Å²) in [6, 6.07) is 5.19. The fraction of sp³-hybridized carbons (Fsp3) is 0.500. The van der Waals surface area contributed by atoms with Gasteiger partial charge in [-0.1, -0.05) is 29.3 Å². The van der Waals surface area contributed by atoms with Gasteiger partial charge in [0.1, 0.15) is 0 Å². The van der Waals surface area contributed by atoms with Crippen molar-refractivity contribution in [2.45, 2.75) is 49.6 Å². The summed E-state index contributed by atoms with van der Waals surface area (Å²) in [5.74, 6) is -1.70. The molecule has 2 fully saturated rings. The average molecular weight is 712 g/mol. The summed E-state index contributed by atoms with van der Waals surface area (Å²) >= 11 is 12.3. The van der Waals surface area contributed by atoms with Crippen LogP contribution < -0.4 is 10.6 Å². The van der Waals surface area contributed by atoms with Crippen LogP contribution in [0.25, 0.3) is 0 Å². The summed E-state index contributed by atoms with van der Waals surface area (Å²) in [4.78, 5) is 29.4. The standard InChI is InChI=1S/C28H30Cl2F6N4O2.2ClH/c1-39(26(42)17-10-18(27(31,32)33)13-19(11-17)28(34,35)36)24-6-9-40(25(41)14-38-20-4-7-37-8-5-20)15-21(24)16-2-3-22(29)23(30)12-16;;/h2-3,10-13,20-21,24,37-38H,4-9,14-15H2,1H3;2*1H/t21-,24+;;/m0../s1. The lowest BCUT2D eigenvalue weighted by Crippen LogP contribution is -2.54. The number of halogens is 10. The number of carbonyl (C=O) groups excluding carboxylic acids is 2. The van der Waals surface area contributed by atoms with Crippen molar-refractivity contribution in [3.05, 3.63) is 68.7 Å². The Morgan fingerprint density at radius 1 is 0.932 bits per heavy atom. The number of alkyl halides is 6. The van der Waals surface area contributed by atoms with Gasteiger partial charge in [-0.15, -0.1) is 24.8 Å². The maximum atomic E-state index is 13.4. The van der Waals surface area contributed by atoms with Gasteiger partial charge in [0.15, 0.2) is 0 Å². The minimum absolute atomic E-state index is 0. The third kappa shape index (κ3) is 9.29. The van der Waals surface area contributed by atoms with E-state index in [0.29, 0.717) is 17.7 Å². The molecule has 0 radical (unpaired) electrons. The normalized spacial score (nSPS) is 19.5. The van der Waals surface area contributed by atoms with Crippen LogP contribution in [-0.4, -0.2) is 73.5 Å². The van der Waals surface area contributed by atoms with Gasteiger partial charge in [0.2, 0.25) is 5.91 Å². The van der Waals surface area contributed by atoms with Crippen molar-refractivity contribution in [1.29, 1.82) is 0 Å². The first-order valence-electron chi connectivity index (χ1n) is 13.4. The highest BCUT2D eigenvalue weighted by Crippen LogP contribution is 2.38. The highest BCUT2D eigenvalue weighted by Gasteiger charge is 2.40. The molecular weight excluding hydrogens is 680 g/mol. The van der Waals surface area contributed by atoms with E-state index >= 15 is 0 Å². The molecular formula is C28H32Cl4F6N4O2. The number of amides is 2. The number of benzene rings is 2. The first-order chi connectivity index (χ1) is 19.6. The number of carbonyl (C=O) groups is 2. The second-order valence-corrected chi connectivity index (χ2v) is 11.4. The second-order valence-electron chi connectivity index (χ2n) is 10.6. The second kappa shape index (κ2) is 15.6. The molecule has 0 unspecified atom stereocenters. The Hall–Kier alpha value is -1.96. The van der Waals surface area contributed by atoms with E-state index in [9.17, 15) is 35.9 Å². The van der Waals surface area contributed by atoms with Gasteiger partial charge in [-0.3, -0.25) is 9.59 Å². The molecule has 0 bridgehead atoms. The van der Waals surface area contributed by atoms with Gasteiger partial charge in [0, 0.05) is 43.7 Å². The maximum Gasteiger partial charge on any atom is 0.416 e. The highest BCUT2D eigenvalue weighted by atomic mass is 35.5. The maximum absolute atomic E-state index is 13.4. The number of nitrogens with zero attached hydrogens (tertiary/aromatic N) is 2. The van der Waals surface area contributed by atoms with Gasteiger partial charge in [0.25, 0.3) is 5.91 Å². The molecule has 246 valence electrons. The molecule has 4 rings (SSSR count). The summed E-state index contributed by atoms with van der Waals surface area (Å²) in [7, 11) is 1.33. The zero-order valence-corrected chi connectivity index (χ0v) is 26.5. The summed E-state index contributed by atoms with van der Waals surface area (Å²) in [6.45, 7) is 2.22. The van der Waals surface area contributed by atoms with Crippen molar-refractivity contribution in [2.75, 3.05) is 39.8 Å². The Kier molecular flexibility index (Phi) is 13.5. The molecule has 2 amide bonds. The van der Waals surface area contributed by atoms with Crippen LogP contribution in [-0.2, 0) is 17.1 Å². The average Bonchev–Trinajstić information content (AvgIpc) is 2.95. The van der Waals surface area contributed by atoms with Crippen LogP contribution in [0.5, 0.6) is 0 Å². The Labute approximate surface area is 273 Å². The number of nitrogens with one attached hydrogen (secondary N) is 2. The molecule has 2 aliphatic heterocycles. The first-order valence-corrected chi connectivity index (χ1v) is 14.1. The number of hydrogen-bond donors (Lipinski definition) is 2. The van der Waals surface area contributed by atoms with Crippen LogP contribution in [0, 0.1) is 0 Å². The lowest BCUT2D eigenvalue weighted by atomic mass is 9.84. The van der Waals surface area contributed by atoms with Crippen LogP contribution in [0.4, 0.5) is 26.3 Å². The Bertz CT molecular complexity index is 1280. The summed E-state index contributed by atoms with van der Waals surface area (Å²) in [6.07, 6.45) is -8.17. The number of piperidine rings is 2. The van der Waals surface area contributed by atoms with E-state index in [2.05, 4.69) is 10.6 Å². The van der Waals surface area contributed by atoms with Crippen LogP contribution in [0.1, 0.15) is 52.2 Å². The van der Waals surface area contributed by atoms with Crippen LogP contribution in [0.2, 0.25) is 10.0 Å². The van der Waals surface area contributed by atoms with Gasteiger partial charge in [-0.05, 0) is 68.2 Å². The number of likely N-dealkylation sites (tertiary alicyclic amines) is 1. The predicted octanol–water partition coefficient (Wildman–Crippen LogP) is 6.67. The molecule has 2 aromatic rings. The smallest absolute Gasteiger partial charge is 0.341 e. The number of likely N-dealkylation sites (N-methyl/N-ethyl adjacent to an activating group) is 1. The third-order valence-electron chi connectivity index (χ3n) is 7.83. The summed E-state index contributed by atoms with van der Waals surface area (Å²) < 4.78 is 80.7. The zero-order valence-electron chi connectivity index (χ0n) is 23.4. The highest BCUT2D eigenvalue weighted by molar-refractivity contribution is 6.42. The Morgan fingerprint density at radius 2 is 1.52 bits per heavy atom. The fourth-order valence-electron chi connectivity index (χ4n) is 5.50. The first kappa shape index (κ1) is 38.2. The van der Waals surface area contributed by atoms with Crippen LogP contribution in [0.15, 0.2) is 36.4 Å². The molecule has 16 heteroatoms. The largest absolute Gasteiger partial charge is 0.416 e. The summed E-state index contributed by atoms with van der Waals surface area (Å²) in [5.41, 5.74) is -3.26. The van der Waals surface area contributed by atoms with Gasteiger partial charge in [-0.2, -0.15) is 26.3 Å². The topological polar surface area (TPSA) is 64.7 Å². The molecule has 2 aliphatic rings. The molecule has 0 aromatic heterocycles. The predicted molar refractivity (Wildman–Crippen MR) is 161 cm³/mol. The zero-order chi connectivity index (χ0) is 30.8. The molecule has 2 aromatic carbocycles. The van der Waals surface area contributed by atoms with E-state index in [-0.39, 0.29) is 78.9 Å². The van der Waals surface area contributed by atoms with Gasteiger partial charge >= 0.3 is 12.4 Å². The molecule has 0 saturated carbocycles.